The summed E-state index contributed by atoms with van der Waals surface area (Å²) in [6, 6.07) is 5.00. The van der Waals surface area contributed by atoms with Crippen molar-refractivity contribution in [2.75, 3.05) is 14.2 Å². The lowest BCUT2D eigenvalue weighted by Crippen LogP contribution is -1.99. The summed E-state index contributed by atoms with van der Waals surface area (Å²) in [5.74, 6) is 1.10. The topological polar surface area (TPSA) is 64.7 Å². The molecule has 1 radical (unpaired) electrons. The summed E-state index contributed by atoms with van der Waals surface area (Å²) in [7, 11) is 3.02. The number of rotatable bonds is 4. The first-order valence-corrected chi connectivity index (χ1v) is 4.22. The fraction of sp³-hybridized carbons (Fsp3) is 0.300. The molecule has 0 aliphatic rings. The van der Waals surface area contributed by atoms with E-state index in [0.717, 1.165) is 0 Å². The van der Waals surface area contributed by atoms with Crippen molar-refractivity contribution in [2.45, 2.75) is 6.61 Å². The minimum absolute atomic E-state index is 0.0668. The second-order valence-electron chi connectivity index (χ2n) is 2.73. The lowest BCUT2D eigenvalue weighted by atomic mass is 10.2. The molecule has 0 aliphatic heterocycles. The van der Waals surface area contributed by atoms with Gasteiger partial charge in [0.2, 0.25) is 0 Å². The van der Waals surface area contributed by atoms with Crippen LogP contribution in [0.5, 0.6) is 11.5 Å². The van der Waals surface area contributed by atoms with Gasteiger partial charge in [0.15, 0.2) is 11.5 Å². The van der Waals surface area contributed by atoms with Gasteiger partial charge in [-0.05, 0) is 17.7 Å². The Morgan fingerprint density at radius 1 is 1.20 bits per heavy atom. The molecule has 0 spiro atoms. The van der Waals surface area contributed by atoms with Crippen molar-refractivity contribution in [3.05, 3.63) is 23.8 Å². The molecule has 5 nitrogen and oxygen atoms in total. The van der Waals surface area contributed by atoms with Crippen LogP contribution in [0.1, 0.15) is 5.56 Å². The monoisotopic (exact) mass is 211 g/mol. The Hall–Kier alpha value is -1.91. The highest BCUT2D eigenvalue weighted by atomic mass is 16.7. The smallest absolute Gasteiger partial charge is 0.493 e. The SMILES string of the molecule is COc1ccc(COC([O])=O)cc1OC. The summed E-state index contributed by atoms with van der Waals surface area (Å²) in [5, 5.41) is 10.1. The van der Waals surface area contributed by atoms with Crippen LogP contribution in [-0.4, -0.2) is 20.4 Å². The van der Waals surface area contributed by atoms with Crippen molar-refractivity contribution >= 4 is 6.16 Å². The average Bonchev–Trinajstić information content (AvgIpc) is 2.25. The Kier molecular flexibility index (Phi) is 3.79. The van der Waals surface area contributed by atoms with Crippen molar-refractivity contribution < 1.29 is 24.1 Å². The summed E-state index contributed by atoms with van der Waals surface area (Å²) in [4.78, 5) is 10.1. The highest BCUT2D eigenvalue weighted by Gasteiger charge is 2.06. The van der Waals surface area contributed by atoms with E-state index in [1.54, 1.807) is 18.2 Å². The van der Waals surface area contributed by atoms with Crippen molar-refractivity contribution in [1.82, 2.24) is 0 Å². The van der Waals surface area contributed by atoms with E-state index < -0.39 is 6.16 Å². The molecule has 0 N–H and O–H groups in total. The van der Waals surface area contributed by atoms with Crippen LogP contribution >= 0.6 is 0 Å². The molecule has 81 valence electrons. The molecular formula is C10H11O5. The van der Waals surface area contributed by atoms with E-state index in [-0.39, 0.29) is 6.61 Å². The van der Waals surface area contributed by atoms with Crippen molar-refractivity contribution in [3.8, 4) is 11.5 Å². The summed E-state index contributed by atoms with van der Waals surface area (Å²) in [5.41, 5.74) is 0.664. The fourth-order valence-electron chi connectivity index (χ4n) is 1.11. The first-order chi connectivity index (χ1) is 7.17. The third-order valence-electron chi connectivity index (χ3n) is 1.80. The molecule has 0 aromatic heterocycles. The zero-order valence-electron chi connectivity index (χ0n) is 8.48. The number of ether oxygens (including phenoxy) is 3. The quantitative estimate of drug-likeness (QED) is 0.712. The second-order valence-corrected chi connectivity index (χ2v) is 2.73. The standard InChI is InChI=1S/C10H11O5/c1-13-8-4-3-7(5-9(8)14-2)6-15-10(11)12/h3-5H,6H2,1-2H3. The van der Waals surface area contributed by atoms with E-state index >= 15 is 0 Å². The molecule has 0 saturated heterocycles. The molecule has 1 rings (SSSR count). The predicted octanol–water partition coefficient (Wildman–Crippen LogP) is 1.77. The van der Waals surface area contributed by atoms with Gasteiger partial charge in [0.1, 0.15) is 6.61 Å². The number of hydrogen-bond donors (Lipinski definition) is 0. The van der Waals surface area contributed by atoms with Gasteiger partial charge >= 0.3 is 6.16 Å². The summed E-state index contributed by atoms with van der Waals surface area (Å²) in [6.45, 7) is -0.0668. The van der Waals surface area contributed by atoms with Crippen LogP contribution in [0, 0.1) is 0 Å². The summed E-state index contributed by atoms with van der Waals surface area (Å²) in [6.07, 6.45) is -1.55. The molecule has 0 bridgehead atoms. The molecule has 0 aliphatic carbocycles. The van der Waals surface area contributed by atoms with E-state index in [4.69, 9.17) is 9.47 Å². The highest BCUT2D eigenvalue weighted by molar-refractivity contribution is 5.56. The number of hydrogen-bond acceptors (Lipinski definition) is 4. The van der Waals surface area contributed by atoms with Gasteiger partial charge in [-0.2, -0.15) is 9.90 Å². The molecule has 0 saturated carbocycles. The Labute approximate surface area is 87.2 Å². The molecule has 0 fully saturated rings. The van der Waals surface area contributed by atoms with Crippen molar-refractivity contribution in [1.29, 1.82) is 0 Å². The van der Waals surface area contributed by atoms with Crippen LogP contribution in [0.15, 0.2) is 18.2 Å². The van der Waals surface area contributed by atoms with Crippen molar-refractivity contribution in [2.24, 2.45) is 0 Å². The molecule has 5 heteroatoms. The maximum absolute atomic E-state index is 10.1. The molecule has 0 heterocycles. The van der Waals surface area contributed by atoms with Gasteiger partial charge < -0.3 is 14.2 Å². The van der Waals surface area contributed by atoms with Crippen LogP contribution in [0.4, 0.5) is 4.79 Å². The first kappa shape index (κ1) is 11.2. The third-order valence-corrected chi connectivity index (χ3v) is 1.80. The Bertz CT molecular complexity index is 348. The largest absolute Gasteiger partial charge is 0.550 e. The molecule has 15 heavy (non-hydrogen) atoms. The van der Waals surface area contributed by atoms with E-state index in [1.165, 1.54) is 14.2 Å². The molecule has 0 amide bonds. The minimum Gasteiger partial charge on any atom is -0.493 e. The number of methoxy groups -OCH3 is 2. The lowest BCUT2D eigenvalue weighted by molar-refractivity contribution is 0.0618. The van der Waals surface area contributed by atoms with E-state index in [2.05, 4.69) is 4.74 Å². The van der Waals surface area contributed by atoms with E-state index in [1.807, 2.05) is 0 Å². The van der Waals surface area contributed by atoms with E-state index in [9.17, 15) is 9.90 Å². The van der Waals surface area contributed by atoms with Crippen LogP contribution in [0.3, 0.4) is 0 Å². The second kappa shape index (κ2) is 5.09. The number of carbonyl (C=O) groups excluding carboxylic acids is 1. The first-order valence-electron chi connectivity index (χ1n) is 4.22. The normalized spacial score (nSPS) is 9.47. The minimum atomic E-state index is -1.55. The van der Waals surface area contributed by atoms with Gasteiger partial charge in [0.25, 0.3) is 0 Å². The third kappa shape index (κ3) is 3.05. The predicted molar refractivity (Wildman–Crippen MR) is 50.4 cm³/mol. The number of benzene rings is 1. The number of carbonyl (C=O) groups is 1. The molecule has 1 aromatic carbocycles. The van der Waals surface area contributed by atoms with Gasteiger partial charge in [-0.15, -0.1) is 0 Å². The van der Waals surface area contributed by atoms with Gasteiger partial charge in [-0.1, -0.05) is 6.07 Å². The fourth-order valence-corrected chi connectivity index (χ4v) is 1.11. The average molecular weight is 211 g/mol. The summed E-state index contributed by atoms with van der Waals surface area (Å²) < 4.78 is 14.4. The lowest BCUT2D eigenvalue weighted by Gasteiger charge is -2.08. The molecule has 1 aromatic rings. The van der Waals surface area contributed by atoms with Crippen LogP contribution in [0.25, 0.3) is 0 Å². The van der Waals surface area contributed by atoms with E-state index in [0.29, 0.717) is 17.1 Å². The Morgan fingerprint density at radius 2 is 1.87 bits per heavy atom. The molecular weight excluding hydrogens is 200 g/mol. The van der Waals surface area contributed by atoms with Gasteiger partial charge in [-0.3, -0.25) is 0 Å². The van der Waals surface area contributed by atoms with Crippen LogP contribution in [0.2, 0.25) is 0 Å². The molecule has 0 unspecified atom stereocenters. The Balaban J connectivity index is 2.78. The highest BCUT2D eigenvalue weighted by Crippen LogP contribution is 2.27. The summed E-state index contributed by atoms with van der Waals surface area (Å²) >= 11 is 0. The Morgan fingerprint density at radius 3 is 2.40 bits per heavy atom. The maximum Gasteiger partial charge on any atom is 0.550 e. The van der Waals surface area contributed by atoms with Crippen LogP contribution in [-0.2, 0) is 16.5 Å². The van der Waals surface area contributed by atoms with Gasteiger partial charge in [0, 0.05) is 0 Å². The van der Waals surface area contributed by atoms with Crippen LogP contribution < -0.4 is 9.47 Å². The van der Waals surface area contributed by atoms with Crippen molar-refractivity contribution in [3.63, 3.8) is 0 Å². The van der Waals surface area contributed by atoms with Gasteiger partial charge in [-0.25, -0.2) is 0 Å². The zero-order chi connectivity index (χ0) is 11.3. The molecule has 0 atom stereocenters. The maximum atomic E-state index is 10.1. The van der Waals surface area contributed by atoms with Gasteiger partial charge in [0.05, 0.1) is 14.2 Å². The zero-order valence-corrected chi connectivity index (χ0v) is 8.48.